The lowest BCUT2D eigenvalue weighted by atomic mass is 9.96. The van der Waals surface area contributed by atoms with E-state index in [0.29, 0.717) is 17.8 Å². The third kappa shape index (κ3) is 3.92. The Hall–Kier alpha value is -2.85. The Bertz CT molecular complexity index is 999. The van der Waals surface area contributed by atoms with Gasteiger partial charge in [-0.15, -0.1) is 0 Å². The molecule has 5 rings (SSSR count). The number of nitrogens with zero attached hydrogens (tertiary/aromatic N) is 2. The van der Waals surface area contributed by atoms with Gasteiger partial charge < -0.3 is 9.67 Å². The maximum atomic E-state index is 12.9. The van der Waals surface area contributed by atoms with Crippen molar-refractivity contribution < 1.29 is 9.90 Å². The summed E-state index contributed by atoms with van der Waals surface area (Å²) in [7, 11) is 0. The van der Waals surface area contributed by atoms with Gasteiger partial charge in [0.05, 0.1) is 12.2 Å². The number of carbonyl (C=O) groups is 1. The Kier molecular flexibility index (Phi) is 5.17. The average Bonchev–Trinajstić information content (AvgIpc) is 3.46. The van der Waals surface area contributed by atoms with Crippen LogP contribution in [0.15, 0.2) is 73.1 Å². The molecule has 30 heavy (non-hydrogen) atoms. The zero-order chi connectivity index (χ0) is 20.5. The predicted octanol–water partition coefficient (Wildman–Crippen LogP) is 4.57. The largest absolute Gasteiger partial charge is 0.506 e. The standard InChI is InChI=1S/C26H28N2O2/c29-25-9-8-21(15-24(25)28-10-4-5-11-28)26(30)18-27-16-22-13-20(14-23(22)17-27)12-19-6-2-1-3-7-19/h1-11,15,20,22-23,29H,12-14,16-18H2. The first-order chi connectivity index (χ1) is 14.7. The van der Waals surface area contributed by atoms with Gasteiger partial charge in [-0.2, -0.15) is 0 Å². The van der Waals surface area contributed by atoms with Crippen LogP contribution in [-0.4, -0.2) is 40.0 Å². The van der Waals surface area contributed by atoms with Crippen LogP contribution in [0.2, 0.25) is 0 Å². The lowest BCUT2D eigenvalue weighted by Gasteiger charge is -2.18. The molecule has 1 saturated heterocycles. The second-order valence-corrected chi connectivity index (χ2v) is 8.96. The van der Waals surface area contributed by atoms with E-state index >= 15 is 0 Å². The maximum absolute atomic E-state index is 12.9. The Morgan fingerprint density at radius 1 is 0.933 bits per heavy atom. The fraction of sp³-hybridized carbons (Fsp3) is 0.346. The summed E-state index contributed by atoms with van der Waals surface area (Å²) >= 11 is 0. The number of fused-ring (bicyclic) bond motifs is 1. The first kappa shape index (κ1) is 19.1. The quantitative estimate of drug-likeness (QED) is 0.617. The van der Waals surface area contributed by atoms with Crippen LogP contribution < -0.4 is 0 Å². The molecule has 2 heterocycles. The third-order valence-corrected chi connectivity index (χ3v) is 6.84. The predicted molar refractivity (Wildman–Crippen MR) is 118 cm³/mol. The topological polar surface area (TPSA) is 45.5 Å². The molecule has 4 nitrogen and oxygen atoms in total. The van der Waals surface area contributed by atoms with E-state index in [9.17, 15) is 9.90 Å². The second kappa shape index (κ2) is 8.11. The first-order valence-corrected chi connectivity index (χ1v) is 10.9. The minimum Gasteiger partial charge on any atom is -0.506 e. The highest BCUT2D eigenvalue weighted by Crippen LogP contribution is 2.42. The molecule has 2 aromatic carbocycles. The van der Waals surface area contributed by atoms with Crippen molar-refractivity contribution in [1.29, 1.82) is 0 Å². The minimum absolute atomic E-state index is 0.129. The number of likely N-dealkylation sites (tertiary alicyclic amines) is 1. The molecule has 3 aromatic rings. The zero-order valence-electron chi connectivity index (χ0n) is 17.2. The summed E-state index contributed by atoms with van der Waals surface area (Å²) in [5, 5.41) is 10.2. The van der Waals surface area contributed by atoms with Crippen molar-refractivity contribution in [2.24, 2.45) is 17.8 Å². The van der Waals surface area contributed by atoms with Crippen LogP contribution in [0.4, 0.5) is 0 Å². The molecule has 1 aliphatic carbocycles. The first-order valence-electron chi connectivity index (χ1n) is 10.9. The number of phenolic OH excluding ortho intramolecular Hbond substituents is 1. The van der Waals surface area contributed by atoms with E-state index in [2.05, 4.69) is 35.2 Å². The SMILES string of the molecule is O=C(CN1CC2CC(Cc3ccccc3)CC2C1)c1ccc(O)c(-n2cccc2)c1. The van der Waals surface area contributed by atoms with E-state index in [0.717, 1.165) is 30.8 Å². The van der Waals surface area contributed by atoms with Gasteiger partial charge in [0.2, 0.25) is 0 Å². The van der Waals surface area contributed by atoms with Crippen molar-refractivity contribution in [3.63, 3.8) is 0 Å². The van der Waals surface area contributed by atoms with Gasteiger partial charge in [-0.25, -0.2) is 0 Å². The van der Waals surface area contributed by atoms with Crippen molar-refractivity contribution in [2.75, 3.05) is 19.6 Å². The minimum atomic E-state index is 0.129. The fourth-order valence-corrected chi connectivity index (χ4v) is 5.46. The number of benzene rings is 2. The van der Waals surface area contributed by atoms with Crippen LogP contribution >= 0.6 is 0 Å². The molecule has 154 valence electrons. The van der Waals surface area contributed by atoms with Crippen LogP contribution in [-0.2, 0) is 6.42 Å². The van der Waals surface area contributed by atoms with Crippen molar-refractivity contribution in [3.8, 4) is 11.4 Å². The number of hydrogen-bond acceptors (Lipinski definition) is 3. The molecule has 2 aliphatic rings. The molecule has 2 unspecified atom stereocenters. The van der Waals surface area contributed by atoms with Gasteiger partial charge in [0, 0.05) is 31.0 Å². The number of aromatic hydroxyl groups is 1. The molecule has 1 aromatic heterocycles. The van der Waals surface area contributed by atoms with E-state index < -0.39 is 0 Å². The van der Waals surface area contributed by atoms with E-state index in [-0.39, 0.29) is 11.5 Å². The van der Waals surface area contributed by atoms with Gasteiger partial charge in [-0.3, -0.25) is 9.69 Å². The van der Waals surface area contributed by atoms with Crippen LogP contribution in [0, 0.1) is 17.8 Å². The van der Waals surface area contributed by atoms with Crippen LogP contribution in [0.25, 0.3) is 5.69 Å². The molecule has 1 N–H and O–H groups in total. The van der Waals surface area contributed by atoms with E-state index in [4.69, 9.17) is 0 Å². The average molecular weight is 401 g/mol. The molecular formula is C26H28N2O2. The van der Waals surface area contributed by atoms with E-state index in [1.165, 1.54) is 24.8 Å². The van der Waals surface area contributed by atoms with Gasteiger partial charge in [-0.05, 0) is 72.9 Å². The van der Waals surface area contributed by atoms with Crippen LogP contribution in [0.5, 0.6) is 5.75 Å². The van der Waals surface area contributed by atoms with Crippen LogP contribution in [0.3, 0.4) is 0 Å². The fourth-order valence-electron chi connectivity index (χ4n) is 5.46. The summed E-state index contributed by atoms with van der Waals surface area (Å²) in [5.74, 6) is 2.54. The highest BCUT2D eigenvalue weighted by atomic mass is 16.3. The Morgan fingerprint density at radius 3 is 2.33 bits per heavy atom. The number of ketones is 1. The molecule has 0 amide bonds. The summed E-state index contributed by atoms with van der Waals surface area (Å²) in [4.78, 5) is 15.3. The molecular weight excluding hydrogens is 372 g/mol. The molecule has 4 heteroatoms. The number of carbonyl (C=O) groups excluding carboxylic acids is 1. The third-order valence-electron chi connectivity index (χ3n) is 6.84. The smallest absolute Gasteiger partial charge is 0.176 e. The molecule has 2 fully saturated rings. The molecule has 0 radical (unpaired) electrons. The number of aromatic nitrogens is 1. The van der Waals surface area contributed by atoms with Crippen molar-refractivity contribution >= 4 is 5.78 Å². The molecule has 1 aliphatic heterocycles. The Morgan fingerprint density at radius 2 is 1.63 bits per heavy atom. The second-order valence-electron chi connectivity index (χ2n) is 8.96. The van der Waals surface area contributed by atoms with E-state index in [1.54, 1.807) is 18.2 Å². The van der Waals surface area contributed by atoms with Gasteiger partial charge >= 0.3 is 0 Å². The zero-order valence-corrected chi connectivity index (χ0v) is 17.2. The van der Waals surface area contributed by atoms with Crippen molar-refractivity contribution in [2.45, 2.75) is 19.3 Å². The number of phenols is 1. The monoisotopic (exact) mass is 400 g/mol. The van der Waals surface area contributed by atoms with Gasteiger partial charge in [0.15, 0.2) is 5.78 Å². The van der Waals surface area contributed by atoms with E-state index in [1.807, 2.05) is 29.1 Å². The van der Waals surface area contributed by atoms with Gasteiger partial charge in [-0.1, -0.05) is 30.3 Å². The molecule has 1 saturated carbocycles. The molecule has 2 atom stereocenters. The molecule has 0 bridgehead atoms. The summed E-state index contributed by atoms with van der Waals surface area (Å²) in [6, 6.07) is 19.8. The van der Waals surface area contributed by atoms with Crippen LogP contribution in [0.1, 0.15) is 28.8 Å². The normalized spacial score (nSPS) is 23.5. The summed E-state index contributed by atoms with van der Waals surface area (Å²) < 4.78 is 1.83. The van der Waals surface area contributed by atoms with Crippen molar-refractivity contribution in [1.82, 2.24) is 9.47 Å². The molecule has 0 spiro atoms. The maximum Gasteiger partial charge on any atom is 0.176 e. The Labute approximate surface area is 177 Å². The lowest BCUT2D eigenvalue weighted by Crippen LogP contribution is -2.29. The van der Waals surface area contributed by atoms with Gasteiger partial charge in [0.1, 0.15) is 5.75 Å². The summed E-state index contributed by atoms with van der Waals surface area (Å²) in [6.07, 6.45) is 7.48. The Balaban J connectivity index is 1.19. The highest BCUT2D eigenvalue weighted by molar-refractivity contribution is 5.98. The number of rotatable bonds is 6. The number of Topliss-reactive ketones (excluding diaryl/α,β-unsaturated/α-hetero) is 1. The highest BCUT2D eigenvalue weighted by Gasteiger charge is 2.41. The summed E-state index contributed by atoms with van der Waals surface area (Å²) in [6.45, 7) is 2.53. The summed E-state index contributed by atoms with van der Waals surface area (Å²) in [5.41, 5.74) is 2.75. The lowest BCUT2D eigenvalue weighted by molar-refractivity contribution is 0.0940. The van der Waals surface area contributed by atoms with Crippen molar-refractivity contribution in [3.05, 3.63) is 84.2 Å². The van der Waals surface area contributed by atoms with Gasteiger partial charge in [0.25, 0.3) is 0 Å². The number of hydrogen-bond donors (Lipinski definition) is 1.